The Labute approximate surface area is 252 Å². The molecular formula is C41H32N2. The number of nitrogens with zero attached hydrogens (tertiary/aromatic N) is 2. The van der Waals surface area contributed by atoms with Crippen LogP contribution in [-0.2, 0) is 18.3 Å². The SMILES string of the molecule is CC1(C)c2ccccc2-n2c3ccc(-c4ccc5c(c4)N(c4ccccc4)c4ccccc4CC5)cc3c3cccc1c32. The zero-order valence-electron chi connectivity index (χ0n) is 24.5. The van der Waals surface area contributed by atoms with Gasteiger partial charge in [-0.2, -0.15) is 0 Å². The van der Waals surface area contributed by atoms with E-state index < -0.39 is 0 Å². The molecule has 0 saturated heterocycles. The lowest BCUT2D eigenvalue weighted by Gasteiger charge is -2.34. The molecule has 0 fully saturated rings. The molecule has 2 aliphatic heterocycles. The van der Waals surface area contributed by atoms with Crippen LogP contribution in [-0.4, -0.2) is 4.57 Å². The molecule has 0 saturated carbocycles. The summed E-state index contributed by atoms with van der Waals surface area (Å²) in [7, 11) is 0. The highest BCUT2D eigenvalue weighted by molar-refractivity contribution is 6.12. The van der Waals surface area contributed by atoms with Crippen LogP contribution >= 0.6 is 0 Å². The van der Waals surface area contributed by atoms with Gasteiger partial charge in [-0.3, -0.25) is 0 Å². The second kappa shape index (κ2) is 8.96. The lowest BCUT2D eigenvalue weighted by molar-refractivity contribution is 0.630. The lowest BCUT2D eigenvalue weighted by atomic mass is 9.75. The van der Waals surface area contributed by atoms with Gasteiger partial charge >= 0.3 is 0 Å². The molecule has 0 radical (unpaired) electrons. The summed E-state index contributed by atoms with van der Waals surface area (Å²) >= 11 is 0. The fourth-order valence-corrected chi connectivity index (χ4v) is 7.70. The van der Waals surface area contributed by atoms with Crippen molar-refractivity contribution in [1.29, 1.82) is 0 Å². The van der Waals surface area contributed by atoms with Crippen LogP contribution in [0, 0.1) is 0 Å². The smallest absolute Gasteiger partial charge is 0.0582 e. The summed E-state index contributed by atoms with van der Waals surface area (Å²) in [5.74, 6) is 0. The van der Waals surface area contributed by atoms with Gasteiger partial charge in [-0.25, -0.2) is 0 Å². The van der Waals surface area contributed by atoms with Gasteiger partial charge in [-0.15, -0.1) is 0 Å². The molecule has 0 aliphatic carbocycles. The summed E-state index contributed by atoms with van der Waals surface area (Å²) < 4.78 is 2.50. The third-order valence-corrected chi connectivity index (χ3v) is 9.85. The van der Waals surface area contributed by atoms with E-state index in [9.17, 15) is 0 Å². The normalized spacial score (nSPS) is 14.7. The van der Waals surface area contributed by atoms with Crippen molar-refractivity contribution in [1.82, 2.24) is 4.57 Å². The number of hydrogen-bond donors (Lipinski definition) is 0. The summed E-state index contributed by atoms with van der Waals surface area (Å²) in [5.41, 5.74) is 15.6. The minimum atomic E-state index is -0.0580. The van der Waals surface area contributed by atoms with Crippen LogP contribution in [0.1, 0.15) is 36.1 Å². The third kappa shape index (κ3) is 3.47. The molecule has 0 spiro atoms. The highest BCUT2D eigenvalue weighted by Gasteiger charge is 2.34. The van der Waals surface area contributed by atoms with Crippen LogP contribution in [0.25, 0.3) is 38.6 Å². The predicted molar refractivity (Wildman–Crippen MR) is 180 cm³/mol. The second-order valence-corrected chi connectivity index (χ2v) is 12.6. The average molecular weight is 553 g/mol. The zero-order valence-corrected chi connectivity index (χ0v) is 24.5. The Morgan fingerprint density at radius 1 is 0.512 bits per heavy atom. The minimum Gasteiger partial charge on any atom is -0.310 e. The maximum absolute atomic E-state index is 2.50. The van der Waals surface area contributed by atoms with Crippen molar-refractivity contribution in [2.75, 3.05) is 4.90 Å². The van der Waals surface area contributed by atoms with E-state index in [0.717, 1.165) is 12.8 Å². The van der Waals surface area contributed by atoms with Crippen LogP contribution in [0.5, 0.6) is 0 Å². The Morgan fingerprint density at radius 3 is 2.05 bits per heavy atom. The second-order valence-electron chi connectivity index (χ2n) is 12.6. The molecule has 0 N–H and O–H groups in total. The fraction of sp³-hybridized carbons (Fsp3) is 0.122. The fourth-order valence-electron chi connectivity index (χ4n) is 7.70. The van der Waals surface area contributed by atoms with Gasteiger partial charge in [0.1, 0.15) is 0 Å². The summed E-state index contributed by atoms with van der Waals surface area (Å²) in [5, 5.41) is 2.63. The Hall–Kier alpha value is -5.08. The number of aryl methyl sites for hydroxylation is 2. The van der Waals surface area contributed by atoms with E-state index in [0.29, 0.717) is 0 Å². The van der Waals surface area contributed by atoms with E-state index in [4.69, 9.17) is 0 Å². The van der Waals surface area contributed by atoms with E-state index in [-0.39, 0.29) is 5.41 Å². The molecule has 6 aromatic carbocycles. The van der Waals surface area contributed by atoms with Crippen molar-refractivity contribution in [2.45, 2.75) is 32.1 Å². The highest BCUT2D eigenvalue weighted by Crippen LogP contribution is 2.48. The van der Waals surface area contributed by atoms with Crippen LogP contribution in [0.15, 0.2) is 133 Å². The monoisotopic (exact) mass is 552 g/mol. The first kappa shape index (κ1) is 24.5. The van der Waals surface area contributed by atoms with Gasteiger partial charge < -0.3 is 9.47 Å². The number of anilines is 3. The quantitative estimate of drug-likeness (QED) is 0.207. The number of hydrogen-bond acceptors (Lipinski definition) is 1. The van der Waals surface area contributed by atoms with E-state index in [1.54, 1.807) is 0 Å². The van der Waals surface area contributed by atoms with E-state index >= 15 is 0 Å². The summed E-state index contributed by atoms with van der Waals surface area (Å²) in [4.78, 5) is 2.46. The number of para-hydroxylation sites is 4. The van der Waals surface area contributed by atoms with Crippen LogP contribution in [0.3, 0.4) is 0 Å². The number of benzene rings is 6. The Kier molecular flexibility index (Phi) is 5.11. The standard InChI is InChI=1S/C41H32N2/c1-41(2)34-15-7-9-18-38(34)43-37-24-23-29(25-33(37)32-14-10-16-35(41)40(32)43)30-22-21-28-20-19-27-11-6-8-17-36(27)42(39(28)26-30)31-12-4-3-5-13-31/h3-18,21-26H,19-20H2,1-2H3. The molecule has 3 heterocycles. The Bertz CT molecular complexity index is 2220. The van der Waals surface area contributed by atoms with Crippen molar-refractivity contribution in [3.8, 4) is 16.8 Å². The maximum Gasteiger partial charge on any atom is 0.0582 e. The number of fused-ring (bicyclic) bond motifs is 7. The van der Waals surface area contributed by atoms with Crippen molar-refractivity contribution in [3.05, 3.63) is 156 Å². The first-order valence-corrected chi connectivity index (χ1v) is 15.3. The molecule has 0 bridgehead atoms. The third-order valence-electron chi connectivity index (χ3n) is 9.85. The molecule has 2 heteroatoms. The molecule has 7 aromatic rings. The summed E-state index contributed by atoms with van der Waals surface area (Å²) in [6.07, 6.45) is 2.07. The van der Waals surface area contributed by atoms with Crippen LogP contribution in [0.4, 0.5) is 17.1 Å². The van der Waals surface area contributed by atoms with E-state index in [1.807, 2.05) is 0 Å². The van der Waals surface area contributed by atoms with Gasteiger partial charge in [0.25, 0.3) is 0 Å². The molecule has 1 aromatic heterocycles. The van der Waals surface area contributed by atoms with Gasteiger partial charge in [0.05, 0.1) is 16.7 Å². The molecule has 0 amide bonds. The molecule has 0 unspecified atom stereocenters. The topological polar surface area (TPSA) is 8.17 Å². The lowest BCUT2D eigenvalue weighted by Crippen LogP contribution is -2.26. The van der Waals surface area contributed by atoms with E-state index in [2.05, 4.69) is 157 Å². The van der Waals surface area contributed by atoms with E-state index in [1.165, 1.54) is 77.9 Å². The van der Waals surface area contributed by atoms with Gasteiger partial charge in [0, 0.05) is 33.2 Å². The average Bonchev–Trinajstić information content (AvgIpc) is 3.28. The number of aromatic nitrogens is 1. The van der Waals surface area contributed by atoms with Crippen molar-refractivity contribution < 1.29 is 0 Å². The van der Waals surface area contributed by atoms with Crippen molar-refractivity contribution >= 4 is 38.9 Å². The van der Waals surface area contributed by atoms with Crippen molar-refractivity contribution in [2.24, 2.45) is 0 Å². The molecular weight excluding hydrogens is 520 g/mol. The molecule has 43 heavy (non-hydrogen) atoms. The van der Waals surface area contributed by atoms with Gasteiger partial charge in [-0.05, 0) is 88.7 Å². The first-order chi connectivity index (χ1) is 21.1. The molecule has 0 atom stereocenters. The zero-order chi connectivity index (χ0) is 28.7. The van der Waals surface area contributed by atoms with Gasteiger partial charge in [-0.1, -0.05) is 105 Å². The largest absolute Gasteiger partial charge is 0.310 e. The predicted octanol–water partition coefficient (Wildman–Crippen LogP) is 10.7. The Morgan fingerprint density at radius 2 is 1.19 bits per heavy atom. The first-order valence-electron chi connectivity index (χ1n) is 15.3. The van der Waals surface area contributed by atoms with Gasteiger partial charge in [0.15, 0.2) is 0 Å². The molecule has 206 valence electrons. The highest BCUT2D eigenvalue weighted by atomic mass is 15.1. The minimum absolute atomic E-state index is 0.0580. The summed E-state index contributed by atoms with van der Waals surface area (Å²) in [6, 6.07) is 49.6. The van der Waals surface area contributed by atoms with Crippen LogP contribution < -0.4 is 4.90 Å². The molecule has 9 rings (SSSR count). The van der Waals surface area contributed by atoms with Crippen molar-refractivity contribution in [3.63, 3.8) is 0 Å². The maximum atomic E-state index is 2.50. The van der Waals surface area contributed by atoms with Gasteiger partial charge in [0.2, 0.25) is 0 Å². The Balaban J connectivity index is 1.26. The summed E-state index contributed by atoms with van der Waals surface area (Å²) in [6.45, 7) is 4.72. The van der Waals surface area contributed by atoms with Crippen LogP contribution in [0.2, 0.25) is 0 Å². The molecule has 2 nitrogen and oxygen atoms in total. The molecule has 2 aliphatic rings. The number of rotatable bonds is 2.